The Morgan fingerprint density at radius 1 is 1.15 bits per heavy atom. The highest BCUT2D eigenvalue weighted by atomic mass is 32.2. The minimum atomic E-state index is -0.905. The average molecular weight is 294 g/mol. The molecule has 0 unspecified atom stereocenters. The van der Waals surface area contributed by atoms with Crippen molar-refractivity contribution < 1.29 is 14.7 Å². The lowest BCUT2D eigenvalue weighted by atomic mass is 10.2. The average Bonchev–Trinajstić information content (AvgIpc) is 2.93. The van der Waals surface area contributed by atoms with E-state index in [0.29, 0.717) is 0 Å². The van der Waals surface area contributed by atoms with Crippen molar-refractivity contribution in [1.29, 1.82) is 0 Å². The fourth-order valence-corrected chi connectivity index (χ4v) is 2.69. The molecular formula is C14H18N2O3S. The molecule has 0 saturated carbocycles. The molecule has 0 atom stereocenters. The lowest BCUT2D eigenvalue weighted by molar-refractivity contribution is -0.133. The smallest absolute Gasteiger partial charge is 0.313 e. The van der Waals surface area contributed by atoms with Crippen molar-refractivity contribution in [2.45, 2.75) is 12.8 Å². The zero-order valence-electron chi connectivity index (χ0n) is 11.2. The van der Waals surface area contributed by atoms with Crippen LogP contribution in [0.15, 0.2) is 24.3 Å². The number of carbonyl (C=O) groups is 2. The minimum Gasteiger partial charge on any atom is -0.481 e. The maximum Gasteiger partial charge on any atom is 0.313 e. The topological polar surface area (TPSA) is 69.6 Å². The summed E-state index contributed by atoms with van der Waals surface area (Å²) in [5, 5.41) is 11.3. The van der Waals surface area contributed by atoms with E-state index >= 15 is 0 Å². The Labute approximate surface area is 122 Å². The SMILES string of the molecule is O=C(O)CSCC(=O)Nc1ccc(N2CCCC2)cc1. The van der Waals surface area contributed by atoms with Crippen LogP contribution >= 0.6 is 11.8 Å². The maximum atomic E-state index is 11.6. The van der Waals surface area contributed by atoms with Gasteiger partial charge in [-0.2, -0.15) is 0 Å². The van der Waals surface area contributed by atoms with Gasteiger partial charge in [0.2, 0.25) is 5.91 Å². The molecule has 1 amide bonds. The van der Waals surface area contributed by atoms with Gasteiger partial charge in [0.05, 0.1) is 11.5 Å². The molecule has 1 aromatic rings. The van der Waals surface area contributed by atoms with Gasteiger partial charge in [0.15, 0.2) is 0 Å². The summed E-state index contributed by atoms with van der Waals surface area (Å²) >= 11 is 1.09. The van der Waals surface area contributed by atoms with E-state index in [1.165, 1.54) is 18.5 Å². The van der Waals surface area contributed by atoms with Gasteiger partial charge in [-0.05, 0) is 37.1 Å². The monoisotopic (exact) mass is 294 g/mol. The first-order chi connectivity index (χ1) is 9.65. The first-order valence-electron chi connectivity index (χ1n) is 6.59. The van der Waals surface area contributed by atoms with Gasteiger partial charge in [0, 0.05) is 24.5 Å². The fourth-order valence-electron chi connectivity index (χ4n) is 2.16. The molecule has 1 fully saturated rings. The molecule has 20 heavy (non-hydrogen) atoms. The van der Waals surface area contributed by atoms with Crippen LogP contribution in [0, 0.1) is 0 Å². The van der Waals surface area contributed by atoms with E-state index in [9.17, 15) is 9.59 Å². The zero-order chi connectivity index (χ0) is 14.4. The van der Waals surface area contributed by atoms with Crippen LogP contribution < -0.4 is 10.2 Å². The Balaban J connectivity index is 1.80. The third-order valence-corrected chi connectivity index (χ3v) is 4.00. The summed E-state index contributed by atoms with van der Waals surface area (Å²) in [6, 6.07) is 7.78. The molecule has 0 bridgehead atoms. The van der Waals surface area contributed by atoms with Crippen LogP contribution in [0.2, 0.25) is 0 Å². The molecule has 2 rings (SSSR count). The Bertz CT molecular complexity index is 470. The van der Waals surface area contributed by atoms with Gasteiger partial charge >= 0.3 is 5.97 Å². The number of benzene rings is 1. The molecule has 0 aromatic heterocycles. The third kappa shape index (κ3) is 4.45. The molecule has 5 nitrogen and oxygen atoms in total. The Morgan fingerprint density at radius 2 is 1.80 bits per heavy atom. The van der Waals surface area contributed by atoms with Crippen LogP contribution in [-0.2, 0) is 9.59 Å². The predicted octanol–water partition coefficient (Wildman–Crippen LogP) is 2.04. The number of anilines is 2. The van der Waals surface area contributed by atoms with Gasteiger partial charge in [-0.3, -0.25) is 9.59 Å². The summed E-state index contributed by atoms with van der Waals surface area (Å²) in [7, 11) is 0. The second kappa shape index (κ2) is 7.19. The van der Waals surface area contributed by atoms with Gasteiger partial charge in [-0.1, -0.05) is 0 Å². The van der Waals surface area contributed by atoms with E-state index in [4.69, 9.17) is 5.11 Å². The summed E-state index contributed by atoms with van der Waals surface area (Å²) in [6.07, 6.45) is 2.47. The molecule has 1 aliphatic rings. The Morgan fingerprint density at radius 3 is 2.40 bits per heavy atom. The third-order valence-electron chi connectivity index (χ3n) is 3.08. The summed E-state index contributed by atoms with van der Waals surface area (Å²) in [4.78, 5) is 24.3. The van der Waals surface area contributed by atoms with Crippen molar-refractivity contribution in [3.05, 3.63) is 24.3 Å². The van der Waals surface area contributed by atoms with Gasteiger partial charge in [-0.15, -0.1) is 11.8 Å². The number of rotatable bonds is 6. The number of carbonyl (C=O) groups excluding carboxylic acids is 1. The molecular weight excluding hydrogens is 276 g/mol. The van der Waals surface area contributed by atoms with Crippen molar-refractivity contribution in [2.75, 3.05) is 34.8 Å². The van der Waals surface area contributed by atoms with Crippen LogP contribution in [-0.4, -0.2) is 41.6 Å². The van der Waals surface area contributed by atoms with E-state index in [2.05, 4.69) is 10.2 Å². The molecule has 0 spiro atoms. The van der Waals surface area contributed by atoms with Crippen LogP contribution in [0.25, 0.3) is 0 Å². The second-order valence-corrected chi connectivity index (χ2v) is 5.66. The number of nitrogens with zero attached hydrogens (tertiary/aromatic N) is 1. The summed E-state index contributed by atoms with van der Waals surface area (Å²) in [5.74, 6) is -0.982. The number of amides is 1. The standard InChI is InChI=1S/C14H18N2O3S/c17-13(9-20-10-14(18)19)15-11-3-5-12(6-4-11)16-7-1-2-8-16/h3-6H,1-2,7-10H2,(H,15,17)(H,18,19). The summed E-state index contributed by atoms with van der Waals surface area (Å²) in [5.41, 5.74) is 1.93. The number of carboxylic acid groups (broad SMARTS) is 1. The van der Waals surface area contributed by atoms with Crippen LogP contribution in [0.4, 0.5) is 11.4 Å². The molecule has 0 aliphatic carbocycles. The summed E-state index contributed by atoms with van der Waals surface area (Å²) < 4.78 is 0. The molecule has 2 N–H and O–H groups in total. The largest absolute Gasteiger partial charge is 0.481 e. The quantitative estimate of drug-likeness (QED) is 0.840. The lowest BCUT2D eigenvalue weighted by Gasteiger charge is -2.17. The summed E-state index contributed by atoms with van der Waals surface area (Å²) in [6.45, 7) is 2.19. The molecule has 0 radical (unpaired) electrons. The van der Waals surface area contributed by atoms with Gasteiger partial charge < -0.3 is 15.3 Å². The van der Waals surface area contributed by atoms with Crippen LogP contribution in [0.5, 0.6) is 0 Å². The van der Waals surface area contributed by atoms with Crippen molar-refractivity contribution in [2.24, 2.45) is 0 Å². The number of hydrogen-bond donors (Lipinski definition) is 2. The highest BCUT2D eigenvalue weighted by molar-refractivity contribution is 8.00. The van der Waals surface area contributed by atoms with E-state index in [1.807, 2.05) is 24.3 Å². The lowest BCUT2D eigenvalue weighted by Crippen LogP contribution is -2.18. The zero-order valence-corrected chi connectivity index (χ0v) is 12.0. The Kier molecular flexibility index (Phi) is 5.29. The number of nitrogens with one attached hydrogen (secondary N) is 1. The highest BCUT2D eigenvalue weighted by Gasteiger charge is 2.12. The van der Waals surface area contributed by atoms with E-state index in [-0.39, 0.29) is 17.4 Å². The van der Waals surface area contributed by atoms with Gasteiger partial charge in [-0.25, -0.2) is 0 Å². The van der Waals surface area contributed by atoms with E-state index in [1.54, 1.807) is 0 Å². The van der Waals surface area contributed by atoms with Gasteiger partial charge in [0.25, 0.3) is 0 Å². The fraction of sp³-hybridized carbons (Fsp3) is 0.429. The normalized spacial score (nSPS) is 14.3. The van der Waals surface area contributed by atoms with E-state index < -0.39 is 5.97 Å². The minimum absolute atomic E-state index is 0.0542. The number of aliphatic carboxylic acids is 1. The highest BCUT2D eigenvalue weighted by Crippen LogP contribution is 2.22. The van der Waals surface area contributed by atoms with Crippen LogP contribution in [0.1, 0.15) is 12.8 Å². The molecule has 1 aliphatic heterocycles. The van der Waals surface area contributed by atoms with Crippen molar-refractivity contribution in [3.63, 3.8) is 0 Å². The number of thioether (sulfide) groups is 1. The second-order valence-electron chi connectivity index (χ2n) is 4.68. The van der Waals surface area contributed by atoms with Crippen molar-refractivity contribution in [1.82, 2.24) is 0 Å². The van der Waals surface area contributed by atoms with Crippen molar-refractivity contribution >= 4 is 35.0 Å². The Hall–Kier alpha value is -1.69. The molecule has 6 heteroatoms. The molecule has 1 heterocycles. The molecule has 1 saturated heterocycles. The van der Waals surface area contributed by atoms with Gasteiger partial charge in [0.1, 0.15) is 0 Å². The molecule has 108 valence electrons. The maximum absolute atomic E-state index is 11.6. The first-order valence-corrected chi connectivity index (χ1v) is 7.75. The molecule has 1 aromatic carbocycles. The first kappa shape index (κ1) is 14.7. The van der Waals surface area contributed by atoms with E-state index in [0.717, 1.165) is 30.5 Å². The van der Waals surface area contributed by atoms with Crippen LogP contribution in [0.3, 0.4) is 0 Å². The number of carboxylic acids is 1. The predicted molar refractivity (Wildman–Crippen MR) is 81.5 cm³/mol. The van der Waals surface area contributed by atoms with Crippen molar-refractivity contribution in [3.8, 4) is 0 Å². The number of hydrogen-bond acceptors (Lipinski definition) is 4.